The zero-order valence-corrected chi connectivity index (χ0v) is 14.8. The van der Waals surface area contributed by atoms with Crippen molar-refractivity contribution in [2.45, 2.75) is 64.5 Å². The zero-order valence-electron chi connectivity index (χ0n) is 14.8. The molecule has 0 fully saturated rings. The Morgan fingerprint density at radius 3 is 2.78 bits per heavy atom. The highest BCUT2D eigenvalue weighted by Gasteiger charge is 2.42. The highest BCUT2D eigenvalue weighted by molar-refractivity contribution is 5.86. The molecule has 0 saturated heterocycles. The third kappa shape index (κ3) is 3.29. The van der Waals surface area contributed by atoms with E-state index in [1.807, 2.05) is 12.1 Å². The second-order valence-corrected chi connectivity index (χ2v) is 7.03. The number of nitrogens with one attached hydrogen (secondary N) is 1. The summed E-state index contributed by atoms with van der Waals surface area (Å²) < 4.78 is 5.41. The Kier molecular flexibility index (Phi) is 5.19. The van der Waals surface area contributed by atoms with Crippen molar-refractivity contribution in [2.75, 3.05) is 12.0 Å². The van der Waals surface area contributed by atoms with Gasteiger partial charge in [0.05, 0.1) is 7.11 Å². The second-order valence-electron chi connectivity index (χ2n) is 7.03. The summed E-state index contributed by atoms with van der Waals surface area (Å²) >= 11 is 0. The molecule has 1 aromatic carbocycles. The Labute approximate surface area is 139 Å². The summed E-state index contributed by atoms with van der Waals surface area (Å²) in [6, 6.07) is 5.87. The Hall–Kier alpha value is -1.75. The number of hydrogen-bond acceptors (Lipinski definition) is 4. The number of hydrazine groups is 1. The van der Waals surface area contributed by atoms with Gasteiger partial charge < -0.3 is 9.64 Å². The van der Waals surface area contributed by atoms with Crippen LogP contribution in [0.15, 0.2) is 18.2 Å². The fourth-order valence-electron chi connectivity index (χ4n) is 3.90. The first kappa shape index (κ1) is 17.6. The first-order valence-corrected chi connectivity index (χ1v) is 8.33. The van der Waals surface area contributed by atoms with Crippen molar-refractivity contribution in [3.8, 4) is 5.75 Å². The highest BCUT2D eigenvalue weighted by atomic mass is 16.5. The Bertz CT molecular complexity index is 571. The number of fused-ring (bicyclic) bond motifs is 1. The monoisotopic (exact) mass is 319 g/mol. The maximum absolute atomic E-state index is 12.4. The van der Waals surface area contributed by atoms with Gasteiger partial charge in [0.15, 0.2) is 0 Å². The highest BCUT2D eigenvalue weighted by Crippen LogP contribution is 2.46. The summed E-state index contributed by atoms with van der Waals surface area (Å²) in [5.41, 5.74) is 4.55. The number of nitrogens with two attached hydrogens (primary N) is 1. The Balaban J connectivity index is 2.59. The van der Waals surface area contributed by atoms with E-state index in [4.69, 9.17) is 10.6 Å². The summed E-state index contributed by atoms with van der Waals surface area (Å²) in [6.07, 6.45) is 2.67. The van der Waals surface area contributed by atoms with Gasteiger partial charge in [0.1, 0.15) is 11.8 Å². The maximum Gasteiger partial charge on any atom is 0.256 e. The topological polar surface area (TPSA) is 67.6 Å². The number of benzene rings is 1. The Morgan fingerprint density at radius 1 is 1.52 bits per heavy atom. The molecule has 1 aromatic rings. The number of anilines is 1. The SMILES string of the molecule is CCCC(C(=O)NN)N1c2cc(OC)ccc2C(C)CC1(C)C. The molecular weight excluding hydrogens is 290 g/mol. The van der Waals surface area contributed by atoms with Gasteiger partial charge in [-0.15, -0.1) is 0 Å². The van der Waals surface area contributed by atoms with E-state index in [1.54, 1.807) is 7.11 Å². The summed E-state index contributed by atoms with van der Waals surface area (Å²) in [7, 11) is 1.67. The van der Waals surface area contributed by atoms with Crippen LogP contribution in [0.3, 0.4) is 0 Å². The molecule has 0 aromatic heterocycles. The smallest absolute Gasteiger partial charge is 0.256 e. The number of carbonyl (C=O) groups is 1. The van der Waals surface area contributed by atoms with Crippen LogP contribution in [0.5, 0.6) is 5.75 Å². The van der Waals surface area contributed by atoms with Crippen LogP contribution in [0.2, 0.25) is 0 Å². The van der Waals surface area contributed by atoms with Crippen molar-refractivity contribution in [1.82, 2.24) is 5.43 Å². The first-order valence-electron chi connectivity index (χ1n) is 8.33. The molecule has 5 nitrogen and oxygen atoms in total. The predicted molar refractivity (Wildman–Crippen MR) is 93.6 cm³/mol. The molecule has 0 radical (unpaired) electrons. The van der Waals surface area contributed by atoms with Crippen LogP contribution in [0.1, 0.15) is 58.4 Å². The van der Waals surface area contributed by atoms with Crippen molar-refractivity contribution in [3.05, 3.63) is 23.8 Å². The van der Waals surface area contributed by atoms with Crippen molar-refractivity contribution in [2.24, 2.45) is 5.84 Å². The van der Waals surface area contributed by atoms with Gasteiger partial charge in [-0.25, -0.2) is 5.84 Å². The molecule has 0 saturated carbocycles. The molecule has 1 heterocycles. The summed E-state index contributed by atoms with van der Waals surface area (Å²) in [5, 5.41) is 0. The molecule has 2 unspecified atom stereocenters. The van der Waals surface area contributed by atoms with Crippen molar-refractivity contribution in [1.29, 1.82) is 0 Å². The number of carbonyl (C=O) groups excluding carboxylic acids is 1. The normalized spacial score (nSPS) is 20.6. The fourth-order valence-corrected chi connectivity index (χ4v) is 3.90. The van der Waals surface area contributed by atoms with Crippen LogP contribution in [-0.4, -0.2) is 24.6 Å². The number of rotatable bonds is 5. The lowest BCUT2D eigenvalue weighted by molar-refractivity contribution is -0.123. The standard InChI is InChI=1S/C18H29N3O2/c1-6-7-15(17(22)20-19)21-16-10-13(23-5)8-9-14(16)12(2)11-18(21,3)4/h8-10,12,15H,6-7,11,19H2,1-5H3,(H,20,22). The first-order chi connectivity index (χ1) is 10.9. The molecule has 0 aliphatic carbocycles. The van der Waals surface area contributed by atoms with Gasteiger partial charge in [0.2, 0.25) is 0 Å². The molecule has 5 heteroatoms. The molecular formula is C18H29N3O2. The molecule has 3 N–H and O–H groups in total. The summed E-state index contributed by atoms with van der Waals surface area (Å²) in [5.74, 6) is 6.56. The van der Waals surface area contributed by atoms with Crippen LogP contribution in [-0.2, 0) is 4.79 Å². The number of nitrogens with zero attached hydrogens (tertiary/aromatic N) is 1. The van der Waals surface area contributed by atoms with E-state index in [1.165, 1.54) is 5.56 Å². The van der Waals surface area contributed by atoms with Gasteiger partial charge in [0.25, 0.3) is 5.91 Å². The molecule has 1 aliphatic heterocycles. The molecule has 2 atom stereocenters. The molecule has 0 spiro atoms. The number of hydrogen-bond donors (Lipinski definition) is 2. The van der Waals surface area contributed by atoms with Crippen molar-refractivity contribution < 1.29 is 9.53 Å². The van der Waals surface area contributed by atoms with E-state index >= 15 is 0 Å². The third-order valence-corrected chi connectivity index (χ3v) is 4.80. The minimum Gasteiger partial charge on any atom is -0.497 e. The van der Waals surface area contributed by atoms with E-state index in [9.17, 15) is 4.79 Å². The van der Waals surface area contributed by atoms with Crippen LogP contribution < -0.4 is 20.9 Å². The molecule has 1 amide bonds. The van der Waals surface area contributed by atoms with Crippen molar-refractivity contribution in [3.63, 3.8) is 0 Å². The largest absolute Gasteiger partial charge is 0.497 e. The summed E-state index contributed by atoms with van der Waals surface area (Å²) in [6.45, 7) is 8.71. The third-order valence-electron chi connectivity index (χ3n) is 4.80. The molecule has 2 rings (SSSR count). The van der Waals surface area contributed by atoms with Crippen LogP contribution >= 0.6 is 0 Å². The van der Waals surface area contributed by atoms with Gasteiger partial charge in [-0.2, -0.15) is 0 Å². The zero-order chi connectivity index (χ0) is 17.2. The molecule has 1 aliphatic rings. The van der Waals surface area contributed by atoms with Gasteiger partial charge in [-0.05, 0) is 44.2 Å². The van der Waals surface area contributed by atoms with Crippen LogP contribution in [0.4, 0.5) is 5.69 Å². The number of ether oxygens (including phenoxy) is 1. The lowest BCUT2D eigenvalue weighted by Crippen LogP contribution is -2.59. The van der Waals surface area contributed by atoms with E-state index in [-0.39, 0.29) is 17.5 Å². The predicted octanol–water partition coefficient (Wildman–Crippen LogP) is 2.95. The average molecular weight is 319 g/mol. The number of amides is 1. The van der Waals surface area contributed by atoms with Gasteiger partial charge in [-0.1, -0.05) is 26.3 Å². The number of methoxy groups -OCH3 is 1. The van der Waals surface area contributed by atoms with Gasteiger partial charge >= 0.3 is 0 Å². The van der Waals surface area contributed by atoms with E-state index < -0.39 is 0 Å². The fraction of sp³-hybridized carbons (Fsp3) is 0.611. The molecule has 23 heavy (non-hydrogen) atoms. The minimum absolute atomic E-state index is 0.134. The molecule has 128 valence electrons. The van der Waals surface area contributed by atoms with Crippen LogP contribution in [0.25, 0.3) is 0 Å². The minimum atomic E-state index is -0.279. The van der Waals surface area contributed by atoms with E-state index in [0.29, 0.717) is 5.92 Å². The van der Waals surface area contributed by atoms with E-state index in [2.05, 4.69) is 44.1 Å². The Morgan fingerprint density at radius 2 is 2.22 bits per heavy atom. The second kappa shape index (κ2) is 6.79. The quantitative estimate of drug-likeness (QED) is 0.497. The van der Waals surface area contributed by atoms with Gasteiger partial charge in [-0.3, -0.25) is 10.2 Å². The summed E-state index contributed by atoms with van der Waals surface area (Å²) in [4.78, 5) is 14.7. The van der Waals surface area contributed by atoms with Gasteiger partial charge in [0, 0.05) is 17.3 Å². The lowest BCUT2D eigenvalue weighted by Gasteiger charge is -2.50. The average Bonchev–Trinajstić information content (AvgIpc) is 2.51. The van der Waals surface area contributed by atoms with Crippen molar-refractivity contribution >= 4 is 11.6 Å². The van der Waals surface area contributed by atoms with Crippen LogP contribution in [0, 0.1) is 0 Å². The maximum atomic E-state index is 12.4. The lowest BCUT2D eigenvalue weighted by atomic mass is 9.78. The molecule has 0 bridgehead atoms. The van der Waals surface area contributed by atoms with E-state index in [0.717, 1.165) is 30.7 Å².